The zero-order valence-corrected chi connectivity index (χ0v) is 14.9. The summed E-state index contributed by atoms with van der Waals surface area (Å²) >= 11 is 0. The number of esters is 1. The van der Waals surface area contributed by atoms with Gasteiger partial charge in [-0.2, -0.15) is 0 Å². The maximum absolute atomic E-state index is 12.3. The molecule has 2 aromatic carbocycles. The molecule has 0 fully saturated rings. The SMILES string of the molecule is COC(=O)c1ccccc1Nc1nnc(Cc2ccc(OC)cc2)c(=O)[nH]1. The van der Waals surface area contributed by atoms with Crippen LogP contribution in [0.3, 0.4) is 0 Å². The maximum Gasteiger partial charge on any atom is 0.339 e. The average Bonchev–Trinajstić information content (AvgIpc) is 2.70. The van der Waals surface area contributed by atoms with Crippen molar-refractivity contribution in [1.29, 1.82) is 0 Å². The molecule has 0 aliphatic rings. The lowest BCUT2D eigenvalue weighted by atomic mass is 10.1. The van der Waals surface area contributed by atoms with Crippen LogP contribution in [0.25, 0.3) is 0 Å². The van der Waals surface area contributed by atoms with Crippen LogP contribution < -0.4 is 15.6 Å². The number of anilines is 2. The number of carbonyl (C=O) groups is 1. The fourth-order valence-electron chi connectivity index (χ4n) is 2.48. The normalized spacial score (nSPS) is 10.3. The molecule has 0 saturated heterocycles. The highest BCUT2D eigenvalue weighted by Crippen LogP contribution is 2.19. The lowest BCUT2D eigenvalue weighted by Crippen LogP contribution is -2.19. The van der Waals surface area contributed by atoms with Gasteiger partial charge in [-0.05, 0) is 29.8 Å². The number of ether oxygens (including phenoxy) is 2. The Balaban J connectivity index is 1.79. The number of methoxy groups -OCH3 is 2. The first-order valence-electron chi connectivity index (χ1n) is 8.14. The van der Waals surface area contributed by atoms with Gasteiger partial charge in [-0.3, -0.25) is 9.78 Å². The fourth-order valence-corrected chi connectivity index (χ4v) is 2.48. The third-order valence-electron chi connectivity index (χ3n) is 3.88. The van der Waals surface area contributed by atoms with Crippen LogP contribution in [0.5, 0.6) is 5.75 Å². The van der Waals surface area contributed by atoms with Crippen molar-refractivity contribution in [2.24, 2.45) is 0 Å². The molecule has 0 amide bonds. The van der Waals surface area contributed by atoms with Gasteiger partial charge in [0.1, 0.15) is 11.4 Å². The molecule has 2 N–H and O–H groups in total. The van der Waals surface area contributed by atoms with Crippen molar-refractivity contribution in [3.63, 3.8) is 0 Å². The summed E-state index contributed by atoms with van der Waals surface area (Å²) in [5.74, 6) is 0.377. The van der Waals surface area contributed by atoms with Gasteiger partial charge >= 0.3 is 5.97 Å². The number of hydrogen-bond acceptors (Lipinski definition) is 7. The molecule has 8 nitrogen and oxygen atoms in total. The Kier molecular flexibility index (Phi) is 5.46. The molecule has 0 atom stereocenters. The summed E-state index contributed by atoms with van der Waals surface area (Å²) in [5, 5.41) is 10.9. The molecular weight excluding hydrogens is 348 g/mol. The van der Waals surface area contributed by atoms with E-state index in [9.17, 15) is 9.59 Å². The van der Waals surface area contributed by atoms with Crippen molar-refractivity contribution < 1.29 is 14.3 Å². The summed E-state index contributed by atoms with van der Waals surface area (Å²) in [6, 6.07) is 14.1. The number of aromatic nitrogens is 3. The smallest absolute Gasteiger partial charge is 0.339 e. The topological polar surface area (TPSA) is 106 Å². The minimum Gasteiger partial charge on any atom is -0.497 e. The summed E-state index contributed by atoms with van der Waals surface area (Å²) in [4.78, 5) is 26.8. The Morgan fingerprint density at radius 2 is 1.81 bits per heavy atom. The number of benzene rings is 2. The predicted octanol–water partition coefficient (Wildman–Crippen LogP) is 2.29. The number of nitrogens with one attached hydrogen (secondary N) is 2. The van der Waals surface area contributed by atoms with E-state index in [4.69, 9.17) is 9.47 Å². The molecule has 0 spiro atoms. The molecular formula is C19H18N4O4. The first kappa shape index (κ1) is 18.1. The van der Waals surface area contributed by atoms with E-state index in [1.807, 2.05) is 24.3 Å². The third kappa shape index (κ3) is 4.30. The summed E-state index contributed by atoms with van der Waals surface area (Å²) in [6.07, 6.45) is 0.339. The highest BCUT2D eigenvalue weighted by atomic mass is 16.5. The van der Waals surface area contributed by atoms with Gasteiger partial charge in [0.15, 0.2) is 0 Å². The molecule has 0 radical (unpaired) electrons. The number of aromatic amines is 1. The molecule has 0 aliphatic carbocycles. The first-order chi connectivity index (χ1) is 13.1. The van der Waals surface area contributed by atoms with Crippen molar-refractivity contribution in [2.75, 3.05) is 19.5 Å². The van der Waals surface area contributed by atoms with Crippen molar-refractivity contribution in [1.82, 2.24) is 15.2 Å². The van der Waals surface area contributed by atoms with Gasteiger partial charge in [0.2, 0.25) is 5.95 Å². The highest BCUT2D eigenvalue weighted by molar-refractivity contribution is 5.96. The van der Waals surface area contributed by atoms with E-state index in [0.29, 0.717) is 17.7 Å². The third-order valence-corrected chi connectivity index (χ3v) is 3.88. The number of para-hydroxylation sites is 1. The molecule has 3 aromatic rings. The van der Waals surface area contributed by atoms with Crippen LogP contribution in [0, 0.1) is 0 Å². The van der Waals surface area contributed by atoms with E-state index in [1.165, 1.54) is 7.11 Å². The van der Waals surface area contributed by atoms with Crippen LogP contribution in [0.1, 0.15) is 21.6 Å². The van der Waals surface area contributed by atoms with Gasteiger partial charge in [0, 0.05) is 6.42 Å². The highest BCUT2D eigenvalue weighted by Gasteiger charge is 2.13. The molecule has 1 aromatic heterocycles. The molecule has 0 saturated carbocycles. The lowest BCUT2D eigenvalue weighted by molar-refractivity contribution is 0.0602. The monoisotopic (exact) mass is 366 g/mol. The van der Waals surface area contributed by atoms with Gasteiger partial charge in [-0.1, -0.05) is 24.3 Å². The number of H-pyrrole nitrogens is 1. The molecule has 0 unspecified atom stereocenters. The van der Waals surface area contributed by atoms with Crippen molar-refractivity contribution in [3.8, 4) is 5.75 Å². The zero-order valence-electron chi connectivity index (χ0n) is 14.9. The second-order valence-electron chi connectivity index (χ2n) is 5.64. The van der Waals surface area contributed by atoms with E-state index in [0.717, 1.165) is 11.3 Å². The van der Waals surface area contributed by atoms with Crippen LogP contribution in [0.2, 0.25) is 0 Å². The number of hydrogen-bond donors (Lipinski definition) is 2. The fraction of sp³-hybridized carbons (Fsp3) is 0.158. The number of nitrogens with zero attached hydrogens (tertiary/aromatic N) is 2. The summed E-state index contributed by atoms with van der Waals surface area (Å²) < 4.78 is 9.86. The second kappa shape index (κ2) is 8.13. The van der Waals surface area contributed by atoms with Crippen LogP contribution in [0.15, 0.2) is 53.3 Å². The zero-order chi connectivity index (χ0) is 19.2. The van der Waals surface area contributed by atoms with Crippen LogP contribution in [-0.4, -0.2) is 35.4 Å². The van der Waals surface area contributed by atoms with Crippen LogP contribution in [0.4, 0.5) is 11.6 Å². The molecule has 8 heteroatoms. The Morgan fingerprint density at radius 3 is 2.48 bits per heavy atom. The Morgan fingerprint density at radius 1 is 1.07 bits per heavy atom. The van der Waals surface area contributed by atoms with Crippen LogP contribution >= 0.6 is 0 Å². The van der Waals surface area contributed by atoms with E-state index in [-0.39, 0.29) is 17.2 Å². The first-order valence-corrected chi connectivity index (χ1v) is 8.14. The summed E-state index contributed by atoms with van der Waals surface area (Å²) in [5.41, 5.74) is 1.61. The van der Waals surface area contributed by atoms with Crippen molar-refractivity contribution >= 4 is 17.6 Å². The van der Waals surface area contributed by atoms with Crippen LogP contribution in [-0.2, 0) is 11.2 Å². The Bertz CT molecular complexity index is 999. The van der Waals surface area contributed by atoms with Gasteiger partial charge in [0.25, 0.3) is 5.56 Å². The standard InChI is InChI=1S/C19H18N4O4/c1-26-13-9-7-12(8-10-13)11-16-17(24)21-19(23-22-16)20-15-6-4-3-5-14(15)18(25)27-2/h3-10H,11H2,1-2H3,(H2,20,21,23,24). The largest absolute Gasteiger partial charge is 0.497 e. The quantitative estimate of drug-likeness (QED) is 0.645. The van der Waals surface area contributed by atoms with E-state index >= 15 is 0 Å². The number of rotatable bonds is 6. The van der Waals surface area contributed by atoms with E-state index < -0.39 is 5.97 Å². The Labute approximate surface area is 155 Å². The van der Waals surface area contributed by atoms with E-state index in [2.05, 4.69) is 20.5 Å². The minimum atomic E-state index is -0.496. The lowest BCUT2D eigenvalue weighted by Gasteiger charge is -2.09. The predicted molar refractivity (Wildman–Crippen MR) is 99.5 cm³/mol. The molecule has 27 heavy (non-hydrogen) atoms. The molecule has 138 valence electrons. The molecule has 3 rings (SSSR count). The van der Waals surface area contributed by atoms with Crippen molar-refractivity contribution in [2.45, 2.75) is 6.42 Å². The molecule has 1 heterocycles. The summed E-state index contributed by atoms with van der Waals surface area (Å²) in [6.45, 7) is 0. The Hall–Kier alpha value is -3.68. The van der Waals surface area contributed by atoms with Gasteiger partial charge in [-0.15, -0.1) is 10.2 Å². The maximum atomic E-state index is 12.3. The second-order valence-corrected chi connectivity index (χ2v) is 5.64. The van der Waals surface area contributed by atoms with Gasteiger partial charge < -0.3 is 14.8 Å². The molecule has 0 bridgehead atoms. The van der Waals surface area contributed by atoms with E-state index in [1.54, 1.807) is 31.4 Å². The molecule has 0 aliphatic heterocycles. The van der Waals surface area contributed by atoms with Gasteiger partial charge in [0.05, 0.1) is 25.5 Å². The average molecular weight is 366 g/mol. The minimum absolute atomic E-state index is 0.134. The van der Waals surface area contributed by atoms with Crippen molar-refractivity contribution in [3.05, 3.63) is 75.7 Å². The number of carbonyl (C=O) groups excluding carboxylic acids is 1. The summed E-state index contributed by atoms with van der Waals surface area (Å²) in [7, 11) is 2.89. The van der Waals surface area contributed by atoms with Gasteiger partial charge in [-0.25, -0.2) is 4.79 Å².